The number of ether oxygens (including phenoxy) is 1. The Hall–Kier alpha value is -1.38. The number of carbonyl (C=O) groups excluding carboxylic acids is 2. The van der Waals surface area contributed by atoms with Gasteiger partial charge in [0.25, 0.3) is 0 Å². The number of rotatable bonds is 3. The van der Waals surface area contributed by atoms with Crippen molar-refractivity contribution in [2.24, 2.45) is 5.92 Å². The normalized spacial score (nSPS) is 25.6. The fraction of sp³-hybridized carbons (Fsp3) is 0.538. The van der Waals surface area contributed by atoms with Gasteiger partial charge in [0.05, 0.1) is 12.3 Å². The zero-order chi connectivity index (χ0) is 11.7. The van der Waals surface area contributed by atoms with Gasteiger partial charge in [-0.3, -0.25) is 9.59 Å². The highest BCUT2D eigenvalue weighted by molar-refractivity contribution is 6.02. The molecule has 1 atom stereocenters. The molecule has 0 spiro atoms. The summed E-state index contributed by atoms with van der Waals surface area (Å²) >= 11 is 0. The van der Waals surface area contributed by atoms with Crippen LogP contribution in [0.1, 0.15) is 33.1 Å². The maximum atomic E-state index is 11.7. The molecule has 86 valence electrons. The molecule has 0 heterocycles. The predicted octanol–water partition coefficient (Wildman–Crippen LogP) is 2.17. The Kier molecular flexibility index (Phi) is 2.95. The molecule has 16 heavy (non-hydrogen) atoms. The van der Waals surface area contributed by atoms with Gasteiger partial charge in [-0.1, -0.05) is 12.2 Å². The number of hydrogen-bond donors (Lipinski definition) is 0. The number of carbonyl (C=O) groups is 2. The second-order valence-corrected chi connectivity index (χ2v) is 4.42. The van der Waals surface area contributed by atoms with E-state index in [1.165, 1.54) is 0 Å². The topological polar surface area (TPSA) is 43.4 Å². The molecule has 0 amide bonds. The largest absolute Gasteiger partial charge is 0.457 e. The second kappa shape index (κ2) is 4.24. The molecule has 0 aliphatic heterocycles. The molecule has 2 aliphatic carbocycles. The van der Waals surface area contributed by atoms with E-state index in [9.17, 15) is 9.59 Å². The first-order valence-corrected chi connectivity index (χ1v) is 5.70. The van der Waals surface area contributed by atoms with Gasteiger partial charge in [-0.05, 0) is 32.3 Å². The highest BCUT2D eigenvalue weighted by atomic mass is 16.5. The minimum absolute atomic E-state index is 0.0733. The molecule has 1 fully saturated rings. The molecule has 3 nitrogen and oxygen atoms in total. The van der Waals surface area contributed by atoms with Gasteiger partial charge in [0, 0.05) is 5.57 Å². The van der Waals surface area contributed by atoms with Crippen molar-refractivity contribution in [3.63, 3.8) is 0 Å². The second-order valence-electron chi connectivity index (χ2n) is 4.42. The maximum Gasteiger partial charge on any atom is 0.309 e. The number of Topliss-reactive ketones (excluding diaryl/α,β-unsaturated/α-hetero) is 1. The fourth-order valence-corrected chi connectivity index (χ4v) is 1.90. The third-order valence-corrected chi connectivity index (χ3v) is 3.08. The van der Waals surface area contributed by atoms with Gasteiger partial charge in [-0.15, -0.1) is 0 Å². The summed E-state index contributed by atoms with van der Waals surface area (Å²) in [6, 6.07) is 0. The molecule has 0 aromatic heterocycles. The average molecular weight is 220 g/mol. The van der Waals surface area contributed by atoms with Crippen LogP contribution in [0.5, 0.6) is 0 Å². The molecule has 0 aromatic carbocycles. The SMILES string of the molecule is CC=CC1=C(C)[C@@H](OC(=O)C2CC2)CC1=O. The van der Waals surface area contributed by atoms with Gasteiger partial charge in [0.15, 0.2) is 5.78 Å². The Labute approximate surface area is 95.2 Å². The lowest BCUT2D eigenvalue weighted by Gasteiger charge is -2.12. The van der Waals surface area contributed by atoms with Gasteiger partial charge >= 0.3 is 5.97 Å². The summed E-state index contributed by atoms with van der Waals surface area (Å²) in [5, 5.41) is 0. The van der Waals surface area contributed by atoms with Crippen LogP contribution >= 0.6 is 0 Å². The number of allylic oxidation sites excluding steroid dienone is 3. The quantitative estimate of drug-likeness (QED) is 0.685. The van der Waals surface area contributed by atoms with Crippen molar-refractivity contribution in [2.45, 2.75) is 39.2 Å². The van der Waals surface area contributed by atoms with Gasteiger partial charge in [-0.2, -0.15) is 0 Å². The van der Waals surface area contributed by atoms with E-state index in [2.05, 4.69) is 0 Å². The molecule has 0 bridgehead atoms. The highest BCUT2D eigenvalue weighted by Gasteiger charge is 2.36. The molecule has 2 rings (SSSR count). The third kappa shape index (κ3) is 2.08. The summed E-state index contributed by atoms with van der Waals surface area (Å²) in [5.74, 6) is 0.0248. The summed E-state index contributed by atoms with van der Waals surface area (Å²) in [6.07, 6.45) is 5.48. The standard InChI is InChI=1S/C13H16O3/c1-3-4-10-8(2)12(7-11(10)14)16-13(15)9-5-6-9/h3-4,9,12H,5-7H2,1-2H3/t12-/m0/s1. The first-order chi connectivity index (χ1) is 7.63. The molecule has 0 aromatic rings. The Morgan fingerprint density at radius 1 is 1.44 bits per heavy atom. The van der Waals surface area contributed by atoms with Crippen molar-refractivity contribution in [3.05, 3.63) is 23.3 Å². The number of esters is 1. The molecular formula is C13H16O3. The summed E-state index contributed by atoms with van der Waals surface area (Å²) < 4.78 is 5.34. The molecule has 0 unspecified atom stereocenters. The first-order valence-electron chi connectivity index (χ1n) is 5.70. The molecular weight excluding hydrogens is 204 g/mol. The summed E-state index contributed by atoms with van der Waals surface area (Å²) in [6.45, 7) is 3.74. The van der Waals surface area contributed by atoms with Crippen LogP contribution in [0.15, 0.2) is 23.3 Å². The van der Waals surface area contributed by atoms with Crippen LogP contribution in [0.3, 0.4) is 0 Å². The molecule has 0 radical (unpaired) electrons. The van der Waals surface area contributed by atoms with Gasteiger partial charge < -0.3 is 4.74 Å². The average Bonchev–Trinajstić information content (AvgIpc) is 3.03. The van der Waals surface area contributed by atoms with Crippen LogP contribution < -0.4 is 0 Å². The Morgan fingerprint density at radius 2 is 2.12 bits per heavy atom. The van der Waals surface area contributed by atoms with Crippen LogP contribution in [-0.2, 0) is 14.3 Å². The van der Waals surface area contributed by atoms with E-state index in [1.54, 1.807) is 6.08 Å². The molecule has 0 saturated heterocycles. The summed E-state index contributed by atoms with van der Waals surface area (Å²) in [4.78, 5) is 23.2. The van der Waals surface area contributed by atoms with E-state index in [4.69, 9.17) is 4.74 Å². The van der Waals surface area contributed by atoms with Crippen molar-refractivity contribution in [3.8, 4) is 0 Å². The predicted molar refractivity (Wildman–Crippen MR) is 59.7 cm³/mol. The minimum atomic E-state index is -0.327. The monoisotopic (exact) mass is 220 g/mol. The maximum absolute atomic E-state index is 11.7. The van der Waals surface area contributed by atoms with Crippen LogP contribution in [-0.4, -0.2) is 17.9 Å². The van der Waals surface area contributed by atoms with Gasteiger partial charge in [0.1, 0.15) is 6.10 Å². The van der Waals surface area contributed by atoms with E-state index in [1.807, 2.05) is 19.9 Å². The van der Waals surface area contributed by atoms with Crippen molar-refractivity contribution in [2.75, 3.05) is 0 Å². The smallest absolute Gasteiger partial charge is 0.309 e. The number of hydrogen-bond acceptors (Lipinski definition) is 3. The van der Waals surface area contributed by atoms with Crippen molar-refractivity contribution in [1.29, 1.82) is 0 Å². The molecule has 2 aliphatic rings. The summed E-state index contributed by atoms with van der Waals surface area (Å²) in [7, 11) is 0. The lowest BCUT2D eigenvalue weighted by atomic mass is 10.1. The Balaban J connectivity index is 2.07. The Bertz CT molecular complexity index is 386. The van der Waals surface area contributed by atoms with E-state index in [0.717, 1.165) is 18.4 Å². The van der Waals surface area contributed by atoms with Crippen molar-refractivity contribution in [1.82, 2.24) is 0 Å². The zero-order valence-electron chi connectivity index (χ0n) is 9.66. The fourth-order valence-electron chi connectivity index (χ4n) is 1.90. The first kappa shape index (κ1) is 11.1. The minimum Gasteiger partial charge on any atom is -0.457 e. The van der Waals surface area contributed by atoms with E-state index in [-0.39, 0.29) is 23.8 Å². The van der Waals surface area contributed by atoms with Gasteiger partial charge in [-0.25, -0.2) is 0 Å². The lowest BCUT2D eigenvalue weighted by molar-refractivity contribution is -0.149. The van der Waals surface area contributed by atoms with Crippen LogP contribution in [0, 0.1) is 5.92 Å². The van der Waals surface area contributed by atoms with Crippen LogP contribution in [0.2, 0.25) is 0 Å². The molecule has 0 N–H and O–H groups in total. The third-order valence-electron chi connectivity index (χ3n) is 3.08. The highest BCUT2D eigenvalue weighted by Crippen LogP contribution is 2.33. The van der Waals surface area contributed by atoms with Crippen molar-refractivity contribution < 1.29 is 14.3 Å². The molecule has 1 saturated carbocycles. The summed E-state index contributed by atoms with van der Waals surface area (Å²) in [5.41, 5.74) is 1.59. The molecule has 3 heteroatoms. The zero-order valence-corrected chi connectivity index (χ0v) is 9.66. The van der Waals surface area contributed by atoms with Crippen molar-refractivity contribution >= 4 is 11.8 Å². The Morgan fingerprint density at radius 3 is 2.69 bits per heavy atom. The van der Waals surface area contributed by atoms with Crippen LogP contribution in [0.4, 0.5) is 0 Å². The van der Waals surface area contributed by atoms with Gasteiger partial charge in [0.2, 0.25) is 0 Å². The van der Waals surface area contributed by atoms with Crippen LogP contribution in [0.25, 0.3) is 0 Å². The van der Waals surface area contributed by atoms with E-state index >= 15 is 0 Å². The van der Waals surface area contributed by atoms with E-state index < -0.39 is 0 Å². The van der Waals surface area contributed by atoms with E-state index in [0.29, 0.717) is 12.0 Å². The number of ketones is 1. The lowest BCUT2D eigenvalue weighted by Crippen LogP contribution is -2.18.